The van der Waals surface area contributed by atoms with Crippen molar-refractivity contribution in [1.29, 1.82) is 0 Å². The quantitative estimate of drug-likeness (QED) is 0.850. The van der Waals surface area contributed by atoms with Crippen LogP contribution in [0.25, 0.3) is 0 Å². The van der Waals surface area contributed by atoms with Crippen LogP contribution in [0.1, 0.15) is 48.6 Å². The average Bonchev–Trinajstić information content (AvgIpc) is 3.22. The first-order valence-electron chi connectivity index (χ1n) is 8.29. The van der Waals surface area contributed by atoms with Gasteiger partial charge >= 0.3 is 0 Å². The zero-order chi connectivity index (χ0) is 16.2. The number of rotatable bonds is 7. The Morgan fingerprint density at radius 1 is 1.17 bits per heavy atom. The molecule has 1 saturated carbocycles. The van der Waals surface area contributed by atoms with Crippen LogP contribution in [-0.4, -0.2) is 22.9 Å². The molecule has 1 aromatic carbocycles. The maximum absolute atomic E-state index is 12.0. The molecule has 0 saturated heterocycles. The molecular weight excluding hydrogens is 288 g/mol. The Balaban J connectivity index is 1.63. The lowest BCUT2D eigenvalue weighted by atomic mass is 10.2. The van der Waals surface area contributed by atoms with Gasteiger partial charge in [0, 0.05) is 18.6 Å². The maximum Gasteiger partial charge on any atom is 0.287 e. The van der Waals surface area contributed by atoms with Crippen molar-refractivity contribution in [1.82, 2.24) is 10.2 Å². The van der Waals surface area contributed by atoms with E-state index in [-0.39, 0.29) is 5.91 Å². The number of hydrogen-bond donors (Lipinski definition) is 1. The minimum absolute atomic E-state index is 0.0992. The van der Waals surface area contributed by atoms with Gasteiger partial charge in [-0.2, -0.15) is 0 Å². The molecule has 1 N–H and O–H groups in total. The summed E-state index contributed by atoms with van der Waals surface area (Å²) >= 11 is 0. The molecule has 0 aliphatic heterocycles. The van der Waals surface area contributed by atoms with Gasteiger partial charge in [0.1, 0.15) is 5.76 Å². The van der Waals surface area contributed by atoms with Crippen LogP contribution in [-0.2, 0) is 13.1 Å². The van der Waals surface area contributed by atoms with Gasteiger partial charge in [-0.25, -0.2) is 0 Å². The number of benzene rings is 1. The fraction of sp³-hybridized carbons (Fsp3) is 0.421. The summed E-state index contributed by atoms with van der Waals surface area (Å²) < 4.78 is 5.74. The highest BCUT2D eigenvalue weighted by atomic mass is 16.4. The number of hydrogen-bond acceptors (Lipinski definition) is 3. The predicted molar refractivity (Wildman–Crippen MR) is 90.0 cm³/mol. The molecule has 0 unspecified atom stereocenters. The van der Waals surface area contributed by atoms with Gasteiger partial charge < -0.3 is 9.73 Å². The number of furan rings is 1. The van der Waals surface area contributed by atoms with Gasteiger partial charge in [0.15, 0.2) is 5.76 Å². The van der Waals surface area contributed by atoms with Crippen molar-refractivity contribution in [2.45, 2.75) is 51.9 Å². The monoisotopic (exact) mass is 312 g/mol. The molecular formula is C19H24N2O2. The number of nitrogens with zero attached hydrogens (tertiary/aromatic N) is 1. The highest BCUT2D eigenvalue weighted by Crippen LogP contribution is 2.20. The second-order valence-electron chi connectivity index (χ2n) is 6.50. The number of amides is 1. The Kier molecular flexibility index (Phi) is 4.82. The van der Waals surface area contributed by atoms with Crippen LogP contribution in [0.3, 0.4) is 0 Å². The summed E-state index contributed by atoms with van der Waals surface area (Å²) in [6, 6.07) is 14.8. The van der Waals surface area contributed by atoms with Gasteiger partial charge in [-0.1, -0.05) is 30.3 Å². The molecule has 4 heteroatoms. The van der Waals surface area contributed by atoms with E-state index in [0.29, 0.717) is 24.4 Å². The normalized spacial score (nSPS) is 14.4. The highest BCUT2D eigenvalue weighted by molar-refractivity contribution is 5.91. The van der Waals surface area contributed by atoms with E-state index in [1.807, 2.05) is 12.1 Å². The first kappa shape index (κ1) is 15.8. The van der Waals surface area contributed by atoms with Gasteiger partial charge in [-0.15, -0.1) is 0 Å². The van der Waals surface area contributed by atoms with Crippen LogP contribution >= 0.6 is 0 Å². The van der Waals surface area contributed by atoms with E-state index in [2.05, 4.69) is 48.3 Å². The Morgan fingerprint density at radius 2 is 1.91 bits per heavy atom. The zero-order valence-electron chi connectivity index (χ0n) is 13.8. The number of carbonyl (C=O) groups is 1. The molecule has 1 heterocycles. The number of nitrogens with one attached hydrogen (secondary N) is 1. The van der Waals surface area contributed by atoms with Crippen molar-refractivity contribution in [3.63, 3.8) is 0 Å². The molecule has 4 nitrogen and oxygen atoms in total. The Labute approximate surface area is 137 Å². The van der Waals surface area contributed by atoms with Gasteiger partial charge in [0.05, 0.1) is 6.54 Å². The molecule has 122 valence electrons. The summed E-state index contributed by atoms with van der Waals surface area (Å²) in [5, 5.41) is 2.95. The van der Waals surface area contributed by atoms with E-state index in [1.165, 1.54) is 5.56 Å². The third kappa shape index (κ3) is 4.45. The van der Waals surface area contributed by atoms with Gasteiger partial charge in [-0.05, 0) is 44.4 Å². The van der Waals surface area contributed by atoms with Crippen LogP contribution in [0, 0.1) is 0 Å². The van der Waals surface area contributed by atoms with E-state index in [1.54, 1.807) is 6.07 Å². The third-order valence-corrected chi connectivity index (χ3v) is 4.12. The van der Waals surface area contributed by atoms with Crippen molar-refractivity contribution in [3.05, 3.63) is 59.5 Å². The van der Waals surface area contributed by atoms with E-state index in [9.17, 15) is 4.79 Å². The smallest absolute Gasteiger partial charge is 0.287 e. The molecule has 0 spiro atoms. The van der Waals surface area contributed by atoms with Crippen LogP contribution in [0.15, 0.2) is 46.9 Å². The summed E-state index contributed by atoms with van der Waals surface area (Å²) in [7, 11) is 0. The molecule has 0 radical (unpaired) electrons. The average molecular weight is 312 g/mol. The summed E-state index contributed by atoms with van der Waals surface area (Å²) in [6.45, 7) is 5.91. The Morgan fingerprint density at radius 3 is 2.57 bits per heavy atom. The molecule has 2 aromatic rings. The van der Waals surface area contributed by atoms with Crippen molar-refractivity contribution in [2.75, 3.05) is 0 Å². The zero-order valence-corrected chi connectivity index (χ0v) is 13.8. The second-order valence-corrected chi connectivity index (χ2v) is 6.50. The van der Waals surface area contributed by atoms with E-state index >= 15 is 0 Å². The highest BCUT2D eigenvalue weighted by Gasteiger charge is 2.25. The fourth-order valence-corrected chi connectivity index (χ4v) is 2.51. The first-order valence-corrected chi connectivity index (χ1v) is 8.29. The Bertz CT molecular complexity index is 644. The number of carbonyl (C=O) groups excluding carboxylic acids is 1. The fourth-order valence-electron chi connectivity index (χ4n) is 2.51. The molecule has 0 atom stereocenters. The summed E-state index contributed by atoms with van der Waals surface area (Å²) in [6.07, 6.45) is 2.16. The van der Waals surface area contributed by atoms with E-state index < -0.39 is 0 Å². The summed E-state index contributed by atoms with van der Waals surface area (Å²) in [4.78, 5) is 14.3. The standard InChI is InChI=1S/C19H24N2O2/c1-14(2)21(12-15-6-4-3-5-7-15)13-17-10-11-18(23-17)19(22)20-16-8-9-16/h3-7,10-11,14,16H,8-9,12-13H2,1-2H3,(H,20,22). The lowest BCUT2D eigenvalue weighted by molar-refractivity contribution is 0.0918. The lowest BCUT2D eigenvalue weighted by Gasteiger charge is -2.25. The topological polar surface area (TPSA) is 45.5 Å². The van der Waals surface area contributed by atoms with Crippen molar-refractivity contribution in [2.24, 2.45) is 0 Å². The van der Waals surface area contributed by atoms with Crippen molar-refractivity contribution in [3.8, 4) is 0 Å². The molecule has 1 fully saturated rings. The van der Waals surface area contributed by atoms with Gasteiger partial charge in [0.2, 0.25) is 0 Å². The summed E-state index contributed by atoms with van der Waals surface area (Å²) in [5.74, 6) is 1.14. The van der Waals surface area contributed by atoms with Gasteiger partial charge in [0.25, 0.3) is 5.91 Å². The molecule has 0 bridgehead atoms. The van der Waals surface area contributed by atoms with Gasteiger partial charge in [-0.3, -0.25) is 9.69 Å². The molecule has 3 rings (SSSR count). The molecule has 23 heavy (non-hydrogen) atoms. The lowest BCUT2D eigenvalue weighted by Crippen LogP contribution is -2.29. The largest absolute Gasteiger partial charge is 0.455 e. The second kappa shape index (κ2) is 7.01. The third-order valence-electron chi connectivity index (χ3n) is 4.12. The molecule has 1 aliphatic rings. The minimum atomic E-state index is -0.0992. The predicted octanol–water partition coefficient (Wildman–Crippen LogP) is 3.58. The van der Waals surface area contributed by atoms with Crippen LogP contribution in [0.5, 0.6) is 0 Å². The molecule has 1 amide bonds. The van der Waals surface area contributed by atoms with Crippen LogP contribution in [0.4, 0.5) is 0 Å². The maximum atomic E-state index is 12.0. The minimum Gasteiger partial charge on any atom is -0.455 e. The molecule has 1 aromatic heterocycles. The van der Waals surface area contributed by atoms with Crippen molar-refractivity contribution >= 4 is 5.91 Å². The summed E-state index contributed by atoms with van der Waals surface area (Å²) in [5.41, 5.74) is 1.28. The Hall–Kier alpha value is -2.07. The molecule has 1 aliphatic carbocycles. The van der Waals surface area contributed by atoms with Crippen molar-refractivity contribution < 1.29 is 9.21 Å². The van der Waals surface area contributed by atoms with E-state index in [0.717, 1.165) is 25.1 Å². The SMILES string of the molecule is CC(C)N(Cc1ccccc1)Cc1ccc(C(=O)NC2CC2)o1. The first-order chi connectivity index (χ1) is 11.1. The van der Waals surface area contributed by atoms with E-state index in [4.69, 9.17) is 4.42 Å². The van der Waals surface area contributed by atoms with Crippen LogP contribution < -0.4 is 5.32 Å². The van der Waals surface area contributed by atoms with Crippen LogP contribution in [0.2, 0.25) is 0 Å².